The van der Waals surface area contributed by atoms with Crippen molar-refractivity contribution in [1.82, 2.24) is 0 Å². The van der Waals surface area contributed by atoms with Crippen LogP contribution in [0.15, 0.2) is 20.0 Å². The van der Waals surface area contributed by atoms with E-state index in [4.69, 9.17) is 51.9 Å². The van der Waals surface area contributed by atoms with E-state index in [9.17, 15) is 0 Å². The Hall–Kier alpha value is -2.65. The summed E-state index contributed by atoms with van der Waals surface area (Å²) < 4.78 is 31.6. The van der Waals surface area contributed by atoms with Gasteiger partial charge in [0, 0.05) is 13.1 Å². The maximum atomic E-state index is 8.74. The summed E-state index contributed by atoms with van der Waals surface area (Å²) in [5, 5.41) is 0. The Morgan fingerprint density at radius 2 is 1.00 bits per heavy atom. The van der Waals surface area contributed by atoms with E-state index in [1.807, 2.05) is 13.8 Å². The Balaban J connectivity index is -0.000000273. The van der Waals surface area contributed by atoms with Gasteiger partial charge in [-0.05, 0) is 13.8 Å². The molecule has 14 N–H and O–H groups in total. The number of nitrogens with zero attached hydrogens (tertiary/aromatic N) is 4. The lowest BCUT2D eigenvalue weighted by molar-refractivity contribution is 0.381. The van der Waals surface area contributed by atoms with Gasteiger partial charge in [0.15, 0.2) is 11.9 Å². The summed E-state index contributed by atoms with van der Waals surface area (Å²) in [5.74, 6) is 0.115. The van der Waals surface area contributed by atoms with Gasteiger partial charge in [0.05, 0.1) is 0 Å². The third-order valence-corrected chi connectivity index (χ3v) is 1.13. The van der Waals surface area contributed by atoms with E-state index in [-0.39, 0.29) is 23.8 Å². The largest absolute Gasteiger partial charge is 0.394 e. The lowest BCUT2D eigenvalue weighted by Crippen LogP contribution is -2.26. The van der Waals surface area contributed by atoms with Crippen LogP contribution < -0.4 is 34.4 Å². The molecular formula is C8H24N10O4S. The zero-order chi connectivity index (χ0) is 19.1. The molecule has 15 heteroatoms. The fourth-order valence-electron chi connectivity index (χ4n) is 0.659. The van der Waals surface area contributed by atoms with E-state index < -0.39 is 10.4 Å². The average Bonchev–Trinajstić information content (AvgIpc) is 2.25. The van der Waals surface area contributed by atoms with Crippen LogP contribution in [0.25, 0.3) is 0 Å². The number of nitrogens with two attached hydrogens (primary N) is 6. The first-order valence-corrected chi connectivity index (χ1v) is 7.22. The van der Waals surface area contributed by atoms with Crippen molar-refractivity contribution in [3.8, 4) is 0 Å². The first-order chi connectivity index (χ1) is 10.3. The van der Waals surface area contributed by atoms with Crippen molar-refractivity contribution < 1.29 is 17.5 Å². The summed E-state index contributed by atoms with van der Waals surface area (Å²) >= 11 is 0. The third-order valence-electron chi connectivity index (χ3n) is 1.13. The second-order valence-corrected chi connectivity index (χ2v) is 4.08. The van der Waals surface area contributed by atoms with Gasteiger partial charge < -0.3 is 34.4 Å². The molecule has 0 aliphatic rings. The molecule has 0 saturated heterocycles. The van der Waals surface area contributed by atoms with Gasteiger partial charge in [-0.2, -0.15) is 18.4 Å². The molecule has 23 heavy (non-hydrogen) atoms. The summed E-state index contributed by atoms with van der Waals surface area (Å²) in [6, 6.07) is 0. The van der Waals surface area contributed by atoms with Crippen molar-refractivity contribution in [2.45, 2.75) is 13.8 Å². The van der Waals surface area contributed by atoms with Gasteiger partial charge in [-0.15, -0.1) is 0 Å². The number of hydrogen-bond acceptors (Lipinski definition) is 4. The minimum Gasteiger partial charge on any atom is -0.370 e. The van der Waals surface area contributed by atoms with Crippen molar-refractivity contribution in [1.29, 1.82) is 0 Å². The Labute approximate surface area is 134 Å². The van der Waals surface area contributed by atoms with Crippen molar-refractivity contribution >= 4 is 34.2 Å². The maximum absolute atomic E-state index is 8.74. The molecule has 0 heterocycles. The molecule has 0 aromatic rings. The number of guanidine groups is 4. The monoisotopic (exact) mass is 356 g/mol. The first-order valence-electron chi connectivity index (χ1n) is 5.82. The van der Waals surface area contributed by atoms with Gasteiger partial charge in [0.2, 0.25) is 11.9 Å². The van der Waals surface area contributed by atoms with E-state index in [1.54, 1.807) is 0 Å². The minimum atomic E-state index is -4.67. The zero-order valence-corrected chi connectivity index (χ0v) is 13.6. The molecule has 0 aromatic heterocycles. The first kappa shape index (κ1) is 25.3. The smallest absolute Gasteiger partial charge is 0.370 e. The fraction of sp³-hybridized carbons (Fsp3) is 0.500. The summed E-state index contributed by atoms with van der Waals surface area (Å²) in [7, 11) is -4.67. The van der Waals surface area contributed by atoms with Crippen LogP contribution in [0.4, 0.5) is 0 Å². The van der Waals surface area contributed by atoms with Gasteiger partial charge in [0.1, 0.15) is 0 Å². The Morgan fingerprint density at radius 3 is 1.13 bits per heavy atom. The molecule has 0 aliphatic heterocycles. The van der Waals surface area contributed by atoms with E-state index in [0.29, 0.717) is 13.1 Å². The van der Waals surface area contributed by atoms with Crippen LogP contribution in [0.2, 0.25) is 0 Å². The predicted octanol–water partition coefficient (Wildman–Crippen LogP) is -3.46. The molecule has 0 spiro atoms. The molecule has 0 amide bonds. The Kier molecular flexibility index (Phi) is 15.7. The van der Waals surface area contributed by atoms with Gasteiger partial charge in [-0.1, -0.05) is 0 Å². The number of aliphatic imine (C=N–C) groups is 4. The highest BCUT2D eigenvalue weighted by atomic mass is 32.3. The van der Waals surface area contributed by atoms with Crippen LogP contribution >= 0.6 is 0 Å². The highest BCUT2D eigenvalue weighted by Gasteiger charge is 1.85. The van der Waals surface area contributed by atoms with Crippen LogP contribution in [0, 0.1) is 0 Å². The van der Waals surface area contributed by atoms with Crippen molar-refractivity contribution in [2.75, 3.05) is 13.1 Å². The van der Waals surface area contributed by atoms with Crippen LogP contribution in [-0.4, -0.2) is 54.5 Å². The minimum absolute atomic E-state index is 0.0651. The average molecular weight is 356 g/mol. The van der Waals surface area contributed by atoms with Gasteiger partial charge in [-0.25, -0.2) is 0 Å². The summed E-state index contributed by atoms with van der Waals surface area (Å²) in [4.78, 5) is 14.4. The second-order valence-electron chi connectivity index (χ2n) is 3.19. The molecule has 0 unspecified atom stereocenters. The van der Waals surface area contributed by atoms with Gasteiger partial charge in [0.25, 0.3) is 0 Å². The maximum Gasteiger partial charge on any atom is 0.394 e. The molecular weight excluding hydrogens is 332 g/mol. The molecule has 14 nitrogen and oxygen atoms in total. The zero-order valence-electron chi connectivity index (χ0n) is 12.8. The highest BCUT2D eigenvalue weighted by molar-refractivity contribution is 7.79. The summed E-state index contributed by atoms with van der Waals surface area (Å²) in [6.07, 6.45) is 0. The molecule has 0 aromatic carbocycles. The number of hydrogen-bond donors (Lipinski definition) is 8. The third kappa shape index (κ3) is 45.2. The second kappa shape index (κ2) is 14.3. The molecule has 0 atom stereocenters. The van der Waals surface area contributed by atoms with Gasteiger partial charge in [-0.3, -0.25) is 19.1 Å². The van der Waals surface area contributed by atoms with E-state index in [2.05, 4.69) is 20.0 Å². The van der Waals surface area contributed by atoms with Gasteiger partial charge >= 0.3 is 10.4 Å². The molecule has 0 radical (unpaired) electrons. The topological polar surface area (TPSA) is 280 Å². The molecule has 0 fully saturated rings. The number of rotatable bonds is 2. The lowest BCUT2D eigenvalue weighted by Gasteiger charge is -1.90. The highest BCUT2D eigenvalue weighted by Crippen LogP contribution is 1.71. The van der Waals surface area contributed by atoms with E-state index in [0.717, 1.165) is 0 Å². The molecule has 0 bridgehead atoms. The fourth-order valence-corrected chi connectivity index (χ4v) is 0.659. The summed E-state index contributed by atoms with van der Waals surface area (Å²) in [6.45, 7) is 4.86. The van der Waals surface area contributed by atoms with Crippen LogP contribution in [0.1, 0.15) is 13.8 Å². The normalized spacial score (nSPS) is 11.1. The van der Waals surface area contributed by atoms with E-state index in [1.165, 1.54) is 0 Å². The molecule has 0 aliphatic carbocycles. The Morgan fingerprint density at radius 1 is 0.783 bits per heavy atom. The standard InChI is InChI=1S/2C4H11N5.H2O4S/c2*1-2-8-4(7)9-3(5)6;1-5(2,3)4/h2*2H2,1H3,(H6,5,6,7,8,9);(H2,1,2,3,4). The summed E-state index contributed by atoms with van der Waals surface area (Å²) in [5.41, 5.74) is 30.3. The van der Waals surface area contributed by atoms with Crippen molar-refractivity contribution in [3.05, 3.63) is 0 Å². The van der Waals surface area contributed by atoms with Crippen LogP contribution in [0.5, 0.6) is 0 Å². The predicted molar refractivity (Wildman–Crippen MR) is 90.1 cm³/mol. The Bertz CT molecular complexity index is 489. The molecule has 136 valence electrons. The quantitative estimate of drug-likeness (QED) is 0.137. The molecule has 0 saturated carbocycles. The lowest BCUT2D eigenvalue weighted by atomic mass is 10.8. The SMILES string of the molecule is CCN=C(N)N=C(N)N.CCN=C(N)N=C(N)N.O=S(=O)(O)O. The molecule has 0 rings (SSSR count). The van der Waals surface area contributed by atoms with Crippen LogP contribution in [-0.2, 0) is 10.4 Å². The van der Waals surface area contributed by atoms with Crippen LogP contribution in [0.3, 0.4) is 0 Å². The van der Waals surface area contributed by atoms with E-state index >= 15 is 0 Å². The van der Waals surface area contributed by atoms with Crippen molar-refractivity contribution in [2.24, 2.45) is 54.4 Å². The van der Waals surface area contributed by atoms with Crippen molar-refractivity contribution in [3.63, 3.8) is 0 Å².